The van der Waals surface area contributed by atoms with E-state index in [0.29, 0.717) is 18.9 Å². The number of aryl methyl sites for hydroxylation is 2. The lowest BCUT2D eigenvalue weighted by Gasteiger charge is -2.18. The molecule has 0 radical (unpaired) electrons. The predicted molar refractivity (Wildman–Crippen MR) is 86.4 cm³/mol. The Morgan fingerprint density at radius 1 is 1.36 bits per heavy atom. The summed E-state index contributed by atoms with van der Waals surface area (Å²) in [6.45, 7) is 2.65. The quantitative estimate of drug-likeness (QED) is 0.854. The fourth-order valence-corrected chi connectivity index (χ4v) is 2.79. The molecule has 0 spiro atoms. The van der Waals surface area contributed by atoms with Crippen molar-refractivity contribution in [2.75, 3.05) is 0 Å². The van der Waals surface area contributed by atoms with E-state index < -0.39 is 0 Å². The van der Waals surface area contributed by atoms with Crippen molar-refractivity contribution in [1.29, 1.82) is 0 Å². The van der Waals surface area contributed by atoms with Gasteiger partial charge in [0.05, 0.1) is 6.20 Å². The Morgan fingerprint density at radius 2 is 2.14 bits per heavy atom. The molecule has 0 bridgehead atoms. The van der Waals surface area contributed by atoms with Crippen molar-refractivity contribution in [2.24, 2.45) is 5.92 Å². The van der Waals surface area contributed by atoms with Crippen molar-refractivity contribution < 1.29 is 4.79 Å². The number of hydrogen-bond acceptors (Lipinski definition) is 2. The number of amides is 1. The number of carbonyl (C=O) groups excluding carboxylic acids is 1. The largest absolute Gasteiger partial charge is 0.353 e. The van der Waals surface area contributed by atoms with Gasteiger partial charge in [0.25, 0.3) is 0 Å². The van der Waals surface area contributed by atoms with Crippen LogP contribution in [0, 0.1) is 12.8 Å². The van der Waals surface area contributed by atoms with E-state index in [4.69, 9.17) is 0 Å². The Hall–Kier alpha value is -2.10. The average Bonchev–Trinajstić information content (AvgIpc) is 3.28. The summed E-state index contributed by atoms with van der Waals surface area (Å²) in [6, 6.07) is 10.7. The Labute approximate surface area is 131 Å². The molecule has 2 aromatic rings. The number of aromatic nitrogens is 2. The highest BCUT2D eigenvalue weighted by atomic mass is 16.1. The smallest absolute Gasteiger partial charge is 0.222 e. The van der Waals surface area contributed by atoms with E-state index in [-0.39, 0.29) is 11.9 Å². The van der Waals surface area contributed by atoms with E-state index in [1.807, 2.05) is 30.1 Å². The maximum atomic E-state index is 12.2. The van der Waals surface area contributed by atoms with Crippen molar-refractivity contribution in [3.05, 3.63) is 53.9 Å². The third-order valence-electron chi connectivity index (χ3n) is 4.17. The van der Waals surface area contributed by atoms with Gasteiger partial charge in [-0.15, -0.1) is 0 Å². The van der Waals surface area contributed by atoms with Crippen LogP contribution in [0.3, 0.4) is 0 Å². The average molecular weight is 297 g/mol. The summed E-state index contributed by atoms with van der Waals surface area (Å²) in [5.41, 5.74) is 2.42. The molecule has 0 aliphatic heterocycles. The van der Waals surface area contributed by atoms with Crippen molar-refractivity contribution in [1.82, 2.24) is 15.1 Å². The highest BCUT2D eigenvalue weighted by Crippen LogP contribution is 2.34. The fraction of sp³-hybridized carbons (Fsp3) is 0.444. The van der Waals surface area contributed by atoms with Gasteiger partial charge in [-0.05, 0) is 43.2 Å². The summed E-state index contributed by atoms with van der Waals surface area (Å²) >= 11 is 0. The van der Waals surface area contributed by atoms with Gasteiger partial charge in [-0.3, -0.25) is 9.48 Å². The summed E-state index contributed by atoms with van der Waals surface area (Å²) in [5.74, 6) is 0.775. The lowest BCUT2D eigenvalue weighted by molar-refractivity contribution is -0.122. The van der Waals surface area contributed by atoms with E-state index >= 15 is 0 Å². The van der Waals surface area contributed by atoms with E-state index in [1.54, 1.807) is 0 Å². The van der Waals surface area contributed by atoms with Gasteiger partial charge in [-0.1, -0.05) is 30.3 Å². The summed E-state index contributed by atoms with van der Waals surface area (Å²) < 4.78 is 1.83. The highest BCUT2D eigenvalue weighted by molar-refractivity contribution is 5.76. The molecule has 3 rings (SSSR count). The molecule has 1 atom stereocenters. The van der Waals surface area contributed by atoms with Crippen LogP contribution in [-0.4, -0.2) is 21.7 Å². The Bertz CT molecular complexity index is 616. The van der Waals surface area contributed by atoms with E-state index in [1.165, 1.54) is 18.4 Å². The molecule has 1 fully saturated rings. The van der Waals surface area contributed by atoms with Crippen LogP contribution in [-0.2, 0) is 17.8 Å². The molecule has 1 aromatic heterocycles. The molecular weight excluding hydrogens is 274 g/mol. The molecule has 4 nitrogen and oxygen atoms in total. The first kappa shape index (κ1) is 14.8. The van der Waals surface area contributed by atoms with Crippen LogP contribution in [0.5, 0.6) is 0 Å². The third kappa shape index (κ3) is 4.20. The Morgan fingerprint density at radius 3 is 2.77 bits per heavy atom. The van der Waals surface area contributed by atoms with Gasteiger partial charge < -0.3 is 5.32 Å². The van der Waals surface area contributed by atoms with Gasteiger partial charge in [0.15, 0.2) is 0 Å². The van der Waals surface area contributed by atoms with Crippen LogP contribution in [0.25, 0.3) is 0 Å². The molecule has 4 heteroatoms. The van der Waals surface area contributed by atoms with Gasteiger partial charge in [-0.25, -0.2) is 0 Å². The molecule has 0 saturated heterocycles. The Balaban J connectivity index is 1.51. The second-order valence-electron chi connectivity index (χ2n) is 6.23. The lowest BCUT2D eigenvalue weighted by Crippen LogP contribution is -2.38. The first-order valence-electron chi connectivity index (χ1n) is 8.03. The maximum absolute atomic E-state index is 12.2. The number of carbonyl (C=O) groups is 1. The first-order chi connectivity index (χ1) is 10.7. The van der Waals surface area contributed by atoms with Crippen molar-refractivity contribution in [2.45, 2.75) is 45.2 Å². The first-order valence-corrected chi connectivity index (χ1v) is 8.03. The molecule has 1 aliphatic rings. The normalized spacial score (nSPS) is 15.5. The van der Waals surface area contributed by atoms with Crippen LogP contribution in [0.15, 0.2) is 42.7 Å². The van der Waals surface area contributed by atoms with Crippen molar-refractivity contribution in [3.8, 4) is 0 Å². The number of benzene rings is 1. The van der Waals surface area contributed by atoms with Crippen LogP contribution < -0.4 is 5.32 Å². The molecule has 1 amide bonds. The molecule has 1 saturated carbocycles. The van der Waals surface area contributed by atoms with E-state index in [9.17, 15) is 4.79 Å². The number of nitrogens with zero attached hydrogens (tertiary/aromatic N) is 2. The maximum Gasteiger partial charge on any atom is 0.222 e. The summed E-state index contributed by atoms with van der Waals surface area (Å²) in [4.78, 5) is 12.2. The number of hydrogen-bond donors (Lipinski definition) is 1. The molecule has 22 heavy (non-hydrogen) atoms. The highest BCUT2D eigenvalue weighted by Gasteiger charge is 2.32. The molecule has 116 valence electrons. The van der Waals surface area contributed by atoms with Crippen LogP contribution in [0.2, 0.25) is 0 Å². The number of rotatable bonds is 7. The zero-order chi connectivity index (χ0) is 15.4. The van der Waals surface area contributed by atoms with Gasteiger partial charge >= 0.3 is 0 Å². The van der Waals surface area contributed by atoms with Gasteiger partial charge in [-0.2, -0.15) is 5.10 Å². The molecule has 0 unspecified atom stereocenters. The zero-order valence-electron chi connectivity index (χ0n) is 13.0. The minimum absolute atomic E-state index is 0.126. The van der Waals surface area contributed by atoms with Crippen molar-refractivity contribution >= 4 is 5.91 Å². The molecule has 1 N–H and O–H groups in total. The summed E-state index contributed by atoms with van der Waals surface area (Å²) in [5, 5.41) is 7.44. The minimum Gasteiger partial charge on any atom is -0.353 e. The zero-order valence-corrected chi connectivity index (χ0v) is 13.0. The molecule has 1 aromatic carbocycles. The fourth-order valence-electron chi connectivity index (χ4n) is 2.79. The number of nitrogens with one attached hydrogen (secondary N) is 1. The second-order valence-corrected chi connectivity index (χ2v) is 6.23. The third-order valence-corrected chi connectivity index (χ3v) is 4.17. The van der Waals surface area contributed by atoms with Gasteiger partial charge in [0.1, 0.15) is 0 Å². The molecule has 1 heterocycles. The minimum atomic E-state index is 0.126. The second kappa shape index (κ2) is 6.77. The van der Waals surface area contributed by atoms with Gasteiger partial charge in [0.2, 0.25) is 5.91 Å². The topological polar surface area (TPSA) is 46.9 Å². The van der Waals surface area contributed by atoms with Crippen LogP contribution >= 0.6 is 0 Å². The lowest BCUT2D eigenvalue weighted by atomic mass is 10.0. The summed E-state index contributed by atoms with van der Waals surface area (Å²) in [7, 11) is 0. The molecule has 1 aliphatic carbocycles. The SMILES string of the molecule is Cc1cnn(CCC(=O)N[C@@H](Cc2ccccc2)C2CC2)c1. The molecular formula is C18H23N3O. The monoisotopic (exact) mass is 297 g/mol. The van der Waals surface area contributed by atoms with Crippen molar-refractivity contribution in [3.63, 3.8) is 0 Å². The predicted octanol–water partition coefficient (Wildman–Crippen LogP) is 2.72. The van der Waals surface area contributed by atoms with Crippen LogP contribution in [0.4, 0.5) is 0 Å². The summed E-state index contributed by atoms with van der Waals surface area (Å²) in [6.07, 6.45) is 7.67. The standard InChI is InChI=1S/C18H23N3O/c1-14-12-19-21(13-14)10-9-18(22)20-17(16-7-8-16)11-15-5-3-2-4-6-15/h2-6,12-13,16-17H,7-11H2,1H3,(H,20,22)/t17-/m0/s1. The Kier molecular flexibility index (Phi) is 4.56. The van der Waals surface area contributed by atoms with Gasteiger partial charge in [0, 0.05) is 25.2 Å². The van der Waals surface area contributed by atoms with E-state index in [2.05, 4.69) is 34.7 Å². The van der Waals surface area contributed by atoms with Crippen LogP contribution in [0.1, 0.15) is 30.4 Å². The van der Waals surface area contributed by atoms with E-state index in [0.717, 1.165) is 12.0 Å².